The lowest BCUT2D eigenvalue weighted by molar-refractivity contribution is 0.247. The van der Waals surface area contributed by atoms with Gasteiger partial charge in [-0.2, -0.15) is 5.26 Å². The number of nitrogens with zero attached hydrogens (tertiary/aromatic N) is 1. The normalized spacial score (nSPS) is 11.2. The van der Waals surface area contributed by atoms with Crippen LogP contribution in [-0.2, 0) is 0 Å². The third kappa shape index (κ3) is 4.49. The summed E-state index contributed by atoms with van der Waals surface area (Å²) in [6.07, 6.45) is 1.39. The predicted molar refractivity (Wildman–Crippen MR) is 69.7 cm³/mol. The molecular weight excluding hydrogens is 250 g/mol. The summed E-state index contributed by atoms with van der Waals surface area (Å²) in [6, 6.07) is 3.71. The summed E-state index contributed by atoms with van der Waals surface area (Å²) in [5.41, 5.74) is -0.439. The highest BCUT2D eigenvalue weighted by Crippen LogP contribution is 2.26. The Morgan fingerprint density at radius 3 is 2.37 bits per heavy atom. The molecule has 0 aliphatic heterocycles. The number of rotatable bonds is 6. The molecule has 104 valence electrons. The molecule has 3 nitrogen and oxygen atoms in total. The van der Waals surface area contributed by atoms with Crippen LogP contribution in [0.2, 0.25) is 0 Å². The Kier molecular flexibility index (Phi) is 5.25. The van der Waals surface area contributed by atoms with Crippen molar-refractivity contribution in [1.29, 1.82) is 5.26 Å². The smallest absolute Gasteiger partial charge is 0.150 e. The third-order valence-corrected chi connectivity index (χ3v) is 2.93. The maximum atomic E-state index is 13.6. The van der Waals surface area contributed by atoms with E-state index in [1.807, 2.05) is 13.8 Å². The maximum Gasteiger partial charge on any atom is 0.150 e. The van der Waals surface area contributed by atoms with E-state index in [9.17, 15) is 8.78 Å². The summed E-state index contributed by atoms with van der Waals surface area (Å²) in [7, 11) is 0. The number of anilines is 1. The second-order valence-corrected chi connectivity index (χ2v) is 5.27. The van der Waals surface area contributed by atoms with Gasteiger partial charge in [0.2, 0.25) is 0 Å². The molecule has 0 aromatic heterocycles. The van der Waals surface area contributed by atoms with Crippen molar-refractivity contribution in [3.63, 3.8) is 0 Å². The molecule has 19 heavy (non-hydrogen) atoms. The molecule has 0 heterocycles. The number of hydrogen-bond acceptors (Lipinski definition) is 3. The summed E-state index contributed by atoms with van der Waals surface area (Å²) < 4.78 is 27.3. The van der Waals surface area contributed by atoms with Gasteiger partial charge in [0.1, 0.15) is 5.69 Å². The summed E-state index contributed by atoms with van der Waals surface area (Å²) in [6.45, 7) is 4.39. The Labute approximate surface area is 111 Å². The van der Waals surface area contributed by atoms with E-state index in [1.165, 1.54) is 0 Å². The van der Waals surface area contributed by atoms with Crippen molar-refractivity contribution in [3.8, 4) is 6.07 Å². The zero-order chi connectivity index (χ0) is 14.5. The molecule has 0 aliphatic rings. The monoisotopic (exact) mass is 268 g/mol. The summed E-state index contributed by atoms with van der Waals surface area (Å²) in [4.78, 5) is 0. The van der Waals surface area contributed by atoms with Gasteiger partial charge in [-0.15, -0.1) is 0 Å². The lowest BCUT2D eigenvalue weighted by atomic mass is 9.88. The molecule has 0 radical (unpaired) electrons. The Hall–Kier alpha value is -1.67. The molecule has 0 fully saturated rings. The molecule has 1 aromatic carbocycles. The molecule has 0 saturated heterocycles. The van der Waals surface area contributed by atoms with Crippen LogP contribution in [0.3, 0.4) is 0 Å². The average molecular weight is 268 g/mol. The zero-order valence-corrected chi connectivity index (χ0v) is 11.1. The number of benzene rings is 1. The van der Waals surface area contributed by atoms with E-state index in [1.54, 1.807) is 6.07 Å². The van der Waals surface area contributed by atoms with Crippen molar-refractivity contribution in [2.75, 3.05) is 18.5 Å². The molecule has 5 heteroatoms. The van der Waals surface area contributed by atoms with Gasteiger partial charge in [-0.3, -0.25) is 0 Å². The van der Waals surface area contributed by atoms with E-state index in [0.717, 1.165) is 18.6 Å². The first kappa shape index (κ1) is 15.4. The van der Waals surface area contributed by atoms with E-state index >= 15 is 0 Å². The Morgan fingerprint density at radius 2 is 1.89 bits per heavy atom. The molecule has 0 atom stereocenters. The molecule has 2 N–H and O–H groups in total. The maximum absolute atomic E-state index is 13.6. The summed E-state index contributed by atoms with van der Waals surface area (Å²) in [5, 5.41) is 20.1. The van der Waals surface area contributed by atoms with E-state index in [2.05, 4.69) is 5.32 Å². The van der Waals surface area contributed by atoms with Crippen LogP contribution in [-0.4, -0.2) is 18.3 Å². The standard InChI is InChI=1S/C14H18F2N2O/c1-14(2,4-3-5-19)9-18-13-11(15)6-10(8-17)7-12(13)16/h6-7,18-19H,3-5,9H2,1-2H3. The van der Waals surface area contributed by atoms with Crippen molar-refractivity contribution < 1.29 is 13.9 Å². The second-order valence-electron chi connectivity index (χ2n) is 5.27. The van der Waals surface area contributed by atoms with E-state index in [4.69, 9.17) is 10.4 Å². The third-order valence-electron chi connectivity index (χ3n) is 2.93. The molecule has 0 bridgehead atoms. The minimum Gasteiger partial charge on any atom is -0.396 e. The van der Waals surface area contributed by atoms with Crippen LogP contribution in [0, 0.1) is 28.4 Å². The van der Waals surface area contributed by atoms with Crippen molar-refractivity contribution in [2.45, 2.75) is 26.7 Å². The van der Waals surface area contributed by atoms with Gasteiger partial charge in [0.15, 0.2) is 11.6 Å². The largest absolute Gasteiger partial charge is 0.396 e. The average Bonchev–Trinajstić information content (AvgIpc) is 2.35. The van der Waals surface area contributed by atoms with Crippen molar-refractivity contribution >= 4 is 5.69 Å². The van der Waals surface area contributed by atoms with Gasteiger partial charge in [0.25, 0.3) is 0 Å². The zero-order valence-electron chi connectivity index (χ0n) is 11.1. The minimum atomic E-state index is -0.769. The quantitative estimate of drug-likeness (QED) is 0.833. The molecule has 1 aromatic rings. The topological polar surface area (TPSA) is 56.0 Å². The first-order chi connectivity index (χ1) is 8.89. The fraction of sp³-hybridized carbons (Fsp3) is 0.500. The Morgan fingerprint density at radius 1 is 1.32 bits per heavy atom. The van der Waals surface area contributed by atoms with Crippen LogP contribution in [0.5, 0.6) is 0 Å². The molecule has 0 amide bonds. The second kappa shape index (κ2) is 6.48. The Balaban J connectivity index is 2.76. The van der Waals surface area contributed by atoms with Crippen LogP contribution in [0.1, 0.15) is 32.3 Å². The molecule has 0 aliphatic carbocycles. The molecule has 0 unspecified atom stereocenters. The van der Waals surface area contributed by atoms with Gasteiger partial charge in [-0.05, 0) is 30.4 Å². The summed E-state index contributed by atoms with van der Waals surface area (Å²) in [5.74, 6) is -1.54. The van der Waals surface area contributed by atoms with Crippen molar-refractivity contribution in [1.82, 2.24) is 0 Å². The van der Waals surface area contributed by atoms with Gasteiger partial charge in [0.05, 0.1) is 11.6 Å². The van der Waals surface area contributed by atoms with E-state index < -0.39 is 11.6 Å². The Bertz CT molecular complexity index is 458. The van der Waals surface area contributed by atoms with Crippen molar-refractivity contribution in [2.24, 2.45) is 5.41 Å². The molecular formula is C14H18F2N2O. The SMILES string of the molecule is CC(C)(CCCO)CNc1c(F)cc(C#N)cc1F. The van der Waals surface area contributed by atoms with Crippen molar-refractivity contribution in [3.05, 3.63) is 29.3 Å². The lowest BCUT2D eigenvalue weighted by Crippen LogP contribution is -2.24. The van der Waals surface area contributed by atoms with Gasteiger partial charge in [-0.25, -0.2) is 8.78 Å². The van der Waals surface area contributed by atoms with Crippen LogP contribution < -0.4 is 5.32 Å². The number of nitriles is 1. The molecule has 0 spiro atoms. The number of hydrogen-bond donors (Lipinski definition) is 2. The van der Waals surface area contributed by atoms with E-state index in [-0.39, 0.29) is 23.3 Å². The van der Waals surface area contributed by atoms with Crippen LogP contribution in [0.25, 0.3) is 0 Å². The van der Waals surface area contributed by atoms with Gasteiger partial charge < -0.3 is 10.4 Å². The van der Waals surface area contributed by atoms with E-state index in [0.29, 0.717) is 13.0 Å². The highest BCUT2D eigenvalue weighted by molar-refractivity contribution is 5.50. The first-order valence-electron chi connectivity index (χ1n) is 6.13. The fourth-order valence-electron chi connectivity index (χ4n) is 1.78. The van der Waals surface area contributed by atoms with Gasteiger partial charge in [0, 0.05) is 13.2 Å². The van der Waals surface area contributed by atoms with Crippen LogP contribution >= 0.6 is 0 Å². The minimum absolute atomic E-state index is 0.0416. The first-order valence-corrected chi connectivity index (χ1v) is 6.13. The van der Waals surface area contributed by atoms with Gasteiger partial charge in [-0.1, -0.05) is 13.8 Å². The summed E-state index contributed by atoms with van der Waals surface area (Å²) >= 11 is 0. The molecule has 0 saturated carbocycles. The number of nitrogens with one attached hydrogen (secondary N) is 1. The number of halogens is 2. The van der Waals surface area contributed by atoms with Crippen LogP contribution in [0.15, 0.2) is 12.1 Å². The number of aliphatic hydroxyl groups excluding tert-OH is 1. The van der Waals surface area contributed by atoms with Crippen LogP contribution in [0.4, 0.5) is 14.5 Å². The van der Waals surface area contributed by atoms with Gasteiger partial charge >= 0.3 is 0 Å². The predicted octanol–water partition coefficient (Wildman–Crippen LogP) is 3.05. The highest BCUT2D eigenvalue weighted by atomic mass is 19.1. The fourth-order valence-corrected chi connectivity index (χ4v) is 1.78. The highest BCUT2D eigenvalue weighted by Gasteiger charge is 2.19. The number of aliphatic hydroxyl groups is 1. The molecule has 1 rings (SSSR count). The lowest BCUT2D eigenvalue weighted by Gasteiger charge is -2.25.